The van der Waals surface area contributed by atoms with Gasteiger partial charge in [-0.3, -0.25) is 4.79 Å². The second-order valence-corrected chi connectivity index (χ2v) is 11.3. The zero-order chi connectivity index (χ0) is 31.3. The maximum absolute atomic E-state index is 13.5. The number of aromatic amines is 1. The highest BCUT2D eigenvalue weighted by Gasteiger charge is 2.49. The highest BCUT2D eigenvalue weighted by Crippen LogP contribution is 2.46. The molecule has 2 fully saturated rings. The number of nitrogens with one attached hydrogen (secondary N) is 3. The molecule has 3 heterocycles. The molecule has 1 aliphatic carbocycles. The molecule has 17 heteroatoms. The van der Waals surface area contributed by atoms with Gasteiger partial charge < -0.3 is 25.3 Å². The molecule has 11 nitrogen and oxygen atoms in total. The Morgan fingerprint density at radius 2 is 1.91 bits per heavy atom. The zero-order valence-electron chi connectivity index (χ0n) is 23.3. The van der Waals surface area contributed by atoms with Gasteiger partial charge in [-0.1, -0.05) is 11.2 Å². The number of fused-ring (bicyclic) bond motifs is 1. The van der Waals surface area contributed by atoms with E-state index in [0.29, 0.717) is 16.6 Å². The standard InChI is InChI=1S/C26H29F6N7O4/c1-12-19(38-43-37-12)22(40)36-18(11-42-24(2,3)26(30,31)32)21-34-16-7-6-14(8-17(16)35-21)20(13-4-5-13)39-10-15(33-23(39)41)9-25(27,28)29/h6-8,13,15,18,20H,4-5,9-11H2,1-3H3,(H,33,41)(H,34,35)(H,36,40)/t15-,18-,20+/m0/s1. The first-order valence-corrected chi connectivity index (χ1v) is 13.5. The summed E-state index contributed by atoms with van der Waals surface area (Å²) in [7, 11) is 0. The quantitative estimate of drug-likeness (QED) is 0.276. The second kappa shape index (κ2) is 11.0. The molecule has 3 atom stereocenters. The fourth-order valence-corrected chi connectivity index (χ4v) is 5.00. The third-order valence-electron chi connectivity index (χ3n) is 7.55. The van der Waals surface area contributed by atoms with Crippen molar-refractivity contribution in [1.82, 2.24) is 35.8 Å². The number of carbonyl (C=O) groups excluding carboxylic acids is 2. The first-order chi connectivity index (χ1) is 20.0. The van der Waals surface area contributed by atoms with Crippen molar-refractivity contribution in [2.24, 2.45) is 5.92 Å². The molecule has 1 saturated heterocycles. The van der Waals surface area contributed by atoms with Crippen LogP contribution in [-0.4, -0.2) is 74.3 Å². The summed E-state index contributed by atoms with van der Waals surface area (Å²) in [5.74, 6) is -0.639. The highest BCUT2D eigenvalue weighted by atomic mass is 19.4. The van der Waals surface area contributed by atoms with E-state index in [1.54, 1.807) is 18.2 Å². The molecule has 3 N–H and O–H groups in total. The number of rotatable bonds is 10. The third kappa shape index (κ3) is 6.70. The zero-order valence-corrected chi connectivity index (χ0v) is 23.3. The normalized spacial score (nSPS) is 19.5. The molecule has 0 bridgehead atoms. The van der Waals surface area contributed by atoms with E-state index in [0.717, 1.165) is 26.7 Å². The Kier molecular flexibility index (Phi) is 7.81. The number of ether oxygens (including phenoxy) is 1. The minimum absolute atomic E-state index is 0.0552. The van der Waals surface area contributed by atoms with Gasteiger partial charge in [-0.25, -0.2) is 14.4 Å². The smallest absolute Gasteiger partial charge is 0.364 e. The van der Waals surface area contributed by atoms with Gasteiger partial charge in [0.2, 0.25) is 0 Å². The molecule has 2 aliphatic rings. The maximum Gasteiger partial charge on any atom is 0.416 e. The molecule has 1 aliphatic heterocycles. The van der Waals surface area contributed by atoms with Gasteiger partial charge in [0.15, 0.2) is 11.3 Å². The van der Waals surface area contributed by atoms with Crippen LogP contribution in [0.3, 0.4) is 0 Å². The first kappa shape index (κ1) is 30.6. The van der Waals surface area contributed by atoms with Crippen LogP contribution in [0.2, 0.25) is 0 Å². The van der Waals surface area contributed by atoms with Crippen LogP contribution in [0.1, 0.15) is 72.8 Å². The predicted molar refractivity (Wildman–Crippen MR) is 137 cm³/mol. The molecular weight excluding hydrogens is 588 g/mol. The van der Waals surface area contributed by atoms with Gasteiger partial charge in [0.1, 0.15) is 17.6 Å². The summed E-state index contributed by atoms with van der Waals surface area (Å²) in [6.45, 7) is 2.45. The van der Waals surface area contributed by atoms with Crippen LogP contribution in [0, 0.1) is 12.8 Å². The molecular formula is C26H29F6N7O4. The van der Waals surface area contributed by atoms with E-state index in [2.05, 4.69) is 35.5 Å². The van der Waals surface area contributed by atoms with Crippen molar-refractivity contribution < 1.29 is 45.3 Å². The van der Waals surface area contributed by atoms with Gasteiger partial charge >= 0.3 is 18.4 Å². The van der Waals surface area contributed by atoms with Crippen molar-refractivity contribution in [2.45, 2.75) is 76.1 Å². The summed E-state index contributed by atoms with van der Waals surface area (Å²) in [4.78, 5) is 34.4. The number of amides is 3. The van der Waals surface area contributed by atoms with Crippen molar-refractivity contribution >= 4 is 23.0 Å². The van der Waals surface area contributed by atoms with Crippen molar-refractivity contribution in [2.75, 3.05) is 13.2 Å². The lowest BCUT2D eigenvalue weighted by Crippen LogP contribution is -2.44. The number of halogens is 6. The largest absolute Gasteiger partial charge is 0.416 e. The summed E-state index contributed by atoms with van der Waals surface area (Å²) in [5.41, 5.74) is -1.04. The summed E-state index contributed by atoms with van der Waals surface area (Å²) < 4.78 is 89.1. The lowest BCUT2D eigenvalue weighted by Gasteiger charge is -2.29. The minimum atomic E-state index is -4.70. The van der Waals surface area contributed by atoms with Gasteiger partial charge in [0.05, 0.1) is 36.1 Å². The first-order valence-electron chi connectivity index (χ1n) is 13.5. The number of carbonyl (C=O) groups is 2. The molecule has 5 rings (SSSR count). The van der Waals surface area contributed by atoms with Crippen LogP contribution in [0.25, 0.3) is 11.0 Å². The van der Waals surface area contributed by atoms with Crippen LogP contribution >= 0.6 is 0 Å². The topological polar surface area (TPSA) is 138 Å². The average Bonchev–Trinajstić information content (AvgIpc) is 3.31. The molecule has 0 spiro atoms. The van der Waals surface area contributed by atoms with Crippen molar-refractivity contribution in [1.29, 1.82) is 0 Å². The molecule has 1 aromatic carbocycles. The summed E-state index contributed by atoms with van der Waals surface area (Å²) >= 11 is 0. The van der Waals surface area contributed by atoms with E-state index in [4.69, 9.17) is 4.74 Å². The van der Waals surface area contributed by atoms with E-state index in [1.165, 1.54) is 11.8 Å². The number of H-pyrrole nitrogens is 1. The van der Waals surface area contributed by atoms with Crippen LogP contribution < -0.4 is 10.6 Å². The summed E-state index contributed by atoms with van der Waals surface area (Å²) in [5, 5.41) is 12.0. The van der Waals surface area contributed by atoms with Crippen molar-refractivity contribution in [3.05, 3.63) is 41.0 Å². The SMILES string of the molecule is Cc1nonc1C(=O)N[C@@H](COC(C)(C)C(F)(F)F)c1nc2ccc([C@@H](C3CC3)N3C[C@H](CC(F)(F)F)NC3=O)cc2[nH]1. The van der Waals surface area contributed by atoms with Gasteiger partial charge in [-0.15, -0.1) is 0 Å². The fraction of sp³-hybridized carbons (Fsp3) is 0.577. The van der Waals surface area contributed by atoms with Gasteiger partial charge in [-0.2, -0.15) is 26.3 Å². The Morgan fingerprint density at radius 1 is 1.19 bits per heavy atom. The highest BCUT2D eigenvalue weighted by molar-refractivity contribution is 5.93. The van der Waals surface area contributed by atoms with E-state index in [-0.39, 0.29) is 29.7 Å². The molecule has 43 heavy (non-hydrogen) atoms. The van der Waals surface area contributed by atoms with Crippen LogP contribution in [0.15, 0.2) is 22.8 Å². The van der Waals surface area contributed by atoms with Crippen molar-refractivity contribution in [3.8, 4) is 0 Å². The van der Waals surface area contributed by atoms with Crippen LogP contribution in [-0.2, 0) is 4.74 Å². The van der Waals surface area contributed by atoms with Crippen LogP contribution in [0.4, 0.5) is 31.1 Å². The van der Waals surface area contributed by atoms with Gasteiger partial charge in [0, 0.05) is 6.54 Å². The summed E-state index contributed by atoms with van der Waals surface area (Å²) in [6, 6.07) is 1.72. The number of hydrogen-bond acceptors (Lipinski definition) is 7. The Morgan fingerprint density at radius 3 is 2.51 bits per heavy atom. The van der Waals surface area contributed by atoms with Gasteiger partial charge in [0.25, 0.3) is 5.91 Å². The Bertz CT molecular complexity index is 1500. The number of aryl methyl sites for hydroxylation is 1. The fourth-order valence-electron chi connectivity index (χ4n) is 5.00. The number of hydrogen-bond donors (Lipinski definition) is 3. The monoisotopic (exact) mass is 617 g/mol. The second-order valence-electron chi connectivity index (χ2n) is 11.3. The van der Waals surface area contributed by atoms with E-state index in [9.17, 15) is 35.9 Å². The van der Waals surface area contributed by atoms with Crippen molar-refractivity contribution in [3.63, 3.8) is 0 Å². The Balaban J connectivity index is 1.42. The number of aromatic nitrogens is 4. The van der Waals surface area contributed by atoms with Gasteiger partial charge in [-0.05, 0) is 62.4 Å². The Hall–Kier alpha value is -3.89. The average molecular weight is 618 g/mol. The molecule has 1 saturated carbocycles. The molecule has 234 valence electrons. The number of benzene rings is 1. The van der Waals surface area contributed by atoms with E-state index in [1.807, 2.05) is 0 Å². The predicted octanol–water partition coefficient (Wildman–Crippen LogP) is 4.88. The van der Waals surface area contributed by atoms with Crippen LogP contribution in [0.5, 0.6) is 0 Å². The lowest BCUT2D eigenvalue weighted by molar-refractivity contribution is -0.265. The molecule has 3 amide bonds. The molecule has 0 radical (unpaired) electrons. The third-order valence-corrected chi connectivity index (χ3v) is 7.55. The number of imidazole rings is 1. The minimum Gasteiger partial charge on any atom is -0.364 e. The van der Waals surface area contributed by atoms with E-state index >= 15 is 0 Å². The maximum atomic E-state index is 13.5. The molecule has 0 unspecified atom stereocenters. The Labute approximate surface area is 240 Å². The lowest BCUT2D eigenvalue weighted by atomic mass is 10.00. The number of urea groups is 1. The molecule has 2 aromatic heterocycles. The number of nitrogens with zero attached hydrogens (tertiary/aromatic N) is 4. The number of alkyl halides is 6. The summed E-state index contributed by atoms with van der Waals surface area (Å²) in [6.07, 6.45) is -8.68. The molecule has 3 aromatic rings. The van der Waals surface area contributed by atoms with E-state index < -0.39 is 61.0 Å².